The molecule has 0 unspecified atom stereocenters. The van der Waals surface area contributed by atoms with Crippen LogP contribution in [-0.2, 0) is 38.4 Å². The maximum atomic E-state index is 14.6. The Balaban J connectivity index is 1.47. The number of hydrogen-bond acceptors (Lipinski definition) is 11. The minimum atomic E-state index is -4.88. The van der Waals surface area contributed by atoms with Gasteiger partial charge in [0, 0.05) is 24.3 Å². The molecule has 18 heteroatoms. The molecule has 1 aromatic heterocycles. The van der Waals surface area contributed by atoms with E-state index in [1.165, 1.54) is 4.90 Å². The highest BCUT2D eigenvalue weighted by atomic mass is 35.5. The third-order valence-electron chi connectivity index (χ3n) is 10.7. The molecule has 13 nitrogen and oxygen atoms in total. The molecule has 56 heavy (non-hydrogen) atoms. The number of pyridine rings is 1. The highest BCUT2D eigenvalue weighted by Gasteiger charge is 2.61. The van der Waals surface area contributed by atoms with Gasteiger partial charge in [-0.2, -0.15) is 21.6 Å². The van der Waals surface area contributed by atoms with Crippen molar-refractivity contribution in [2.45, 2.75) is 123 Å². The fraction of sp³-hybridized carbons (Fsp3) is 0.658. The van der Waals surface area contributed by atoms with Gasteiger partial charge in [-0.1, -0.05) is 51.8 Å². The molecule has 2 heterocycles. The standard InChI is InChI=1S/C38H49ClF3N3O10S/c1-8-21-18-37(21,34(49)44-56(50,51)55-22-13-14-22)19-28(46)27-15-23(53-29-17-30(52-9-2)43-32-24(29)11-10-12-26(32)39)20-45(27)33(48)25(35(3,4)5)16-31(47)54-36(6,7)38(40,41)42/h10-12,17,21-23,25,27H,8-9,13-16,18-20H2,1-7H3,(H,44,49)/t21-,23-,25-,27+,37-/m1/s1. The van der Waals surface area contributed by atoms with Crippen molar-refractivity contribution in [2.75, 3.05) is 13.2 Å². The van der Waals surface area contributed by atoms with Gasteiger partial charge >= 0.3 is 22.4 Å². The van der Waals surface area contributed by atoms with Crippen LogP contribution in [0.5, 0.6) is 11.6 Å². The van der Waals surface area contributed by atoms with Crippen LogP contribution in [0.2, 0.25) is 5.02 Å². The molecule has 1 aliphatic heterocycles. The maximum absolute atomic E-state index is 14.6. The Labute approximate surface area is 329 Å². The van der Waals surface area contributed by atoms with E-state index in [9.17, 15) is 40.8 Å². The van der Waals surface area contributed by atoms with Crippen molar-refractivity contribution in [2.24, 2.45) is 22.7 Å². The molecule has 2 aromatic rings. The number of Topliss-reactive ketones (excluding diaryl/α,β-unsaturated/α-hetero) is 1. The predicted octanol–water partition coefficient (Wildman–Crippen LogP) is 6.49. The Morgan fingerprint density at radius 1 is 1.07 bits per heavy atom. The zero-order chi connectivity index (χ0) is 41.6. The number of carbonyl (C=O) groups is 4. The van der Waals surface area contributed by atoms with E-state index in [-0.39, 0.29) is 37.8 Å². The molecule has 0 radical (unpaired) electrons. The number of amides is 2. The van der Waals surface area contributed by atoms with Crippen LogP contribution >= 0.6 is 11.6 Å². The van der Waals surface area contributed by atoms with Crippen molar-refractivity contribution in [3.8, 4) is 11.6 Å². The van der Waals surface area contributed by atoms with Gasteiger partial charge in [0.15, 0.2) is 5.78 Å². The number of likely N-dealkylation sites (tertiary alicyclic amines) is 1. The van der Waals surface area contributed by atoms with Crippen molar-refractivity contribution in [3.63, 3.8) is 0 Å². The van der Waals surface area contributed by atoms with E-state index in [1.807, 2.05) is 11.6 Å². The monoisotopic (exact) mass is 831 g/mol. The number of ether oxygens (including phenoxy) is 3. The van der Waals surface area contributed by atoms with Gasteiger partial charge in [0.2, 0.25) is 23.3 Å². The quantitative estimate of drug-likeness (QED) is 0.184. The summed E-state index contributed by atoms with van der Waals surface area (Å²) < 4.78 is 90.0. The Kier molecular flexibility index (Phi) is 12.3. The largest absolute Gasteiger partial charge is 0.488 e. The molecule has 2 aliphatic carbocycles. The molecule has 1 aromatic carbocycles. The first kappa shape index (κ1) is 43.4. The molecule has 0 bridgehead atoms. The number of halogens is 4. The Bertz CT molecular complexity index is 1970. The first-order valence-corrected chi connectivity index (χ1v) is 20.5. The van der Waals surface area contributed by atoms with Crippen LogP contribution < -0.4 is 14.2 Å². The summed E-state index contributed by atoms with van der Waals surface area (Å²) in [4.78, 5) is 61.4. The highest BCUT2D eigenvalue weighted by Crippen LogP contribution is 2.58. The lowest BCUT2D eigenvalue weighted by molar-refractivity contribution is -0.257. The molecular formula is C38H49ClF3N3O10S. The molecule has 2 saturated carbocycles. The lowest BCUT2D eigenvalue weighted by Crippen LogP contribution is -2.49. The Morgan fingerprint density at radius 2 is 1.75 bits per heavy atom. The topological polar surface area (TPSA) is 167 Å². The Hall–Kier alpha value is -3.70. The number of ketones is 1. The van der Waals surface area contributed by atoms with Gasteiger partial charge in [0.05, 0.1) is 53.6 Å². The number of aromatic nitrogens is 1. The Morgan fingerprint density at radius 3 is 2.32 bits per heavy atom. The van der Waals surface area contributed by atoms with E-state index >= 15 is 0 Å². The summed E-state index contributed by atoms with van der Waals surface area (Å²) in [7, 11) is -4.44. The number of rotatable bonds is 16. The van der Waals surface area contributed by atoms with Gasteiger partial charge in [-0.05, 0) is 63.5 Å². The molecule has 5 atom stereocenters. The van der Waals surface area contributed by atoms with Crippen molar-refractivity contribution in [1.82, 2.24) is 14.6 Å². The number of fused-ring (bicyclic) bond motifs is 1. The number of hydrogen-bond donors (Lipinski definition) is 1. The fourth-order valence-corrected chi connectivity index (χ4v) is 8.35. The van der Waals surface area contributed by atoms with Crippen molar-refractivity contribution >= 4 is 56.4 Å². The van der Waals surface area contributed by atoms with Gasteiger partial charge < -0.3 is 19.1 Å². The summed E-state index contributed by atoms with van der Waals surface area (Å²) in [6.07, 6.45) is -5.69. The zero-order valence-electron chi connectivity index (χ0n) is 32.5. The number of carbonyl (C=O) groups excluding carboxylic acids is 4. The summed E-state index contributed by atoms with van der Waals surface area (Å²) in [6, 6.07) is 5.41. The van der Waals surface area contributed by atoms with E-state index in [2.05, 4.69) is 4.98 Å². The first-order valence-electron chi connectivity index (χ1n) is 18.7. The first-order chi connectivity index (χ1) is 25.9. The third kappa shape index (κ3) is 9.69. The van der Waals surface area contributed by atoms with Crippen LogP contribution in [-0.4, -0.2) is 85.0 Å². The lowest BCUT2D eigenvalue weighted by Gasteiger charge is -2.35. The number of benzene rings is 1. The summed E-state index contributed by atoms with van der Waals surface area (Å²) in [5.41, 5.74) is -4.84. The van der Waals surface area contributed by atoms with Crippen LogP contribution in [0.25, 0.3) is 10.9 Å². The normalized spacial score (nSPS) is 23.4. The molecule has 0 spiro atoms. The van der Waals surface area contributed by atoms with Crippen molar-refractivity contribution in [1.29, 1.82) is 0 Å². The average Bonchev–Trinajstić information content (AvgIpc) is 3.98. The van der Waals surface area contributed by atoms with Crippen LogP contribution in [0.3, 0.4) is 0 Å². The lowest BCUT2D eigenvalue weighted by atomic mass is 9.77. The van der Waals surface area contributed by atoms with Crippen LogP contribution in [0.15, 0.2) is 24.3 Å². The molecule has 5 rings (SSSR count). The minimum absolute atomic E-state index is 0.0705. The van der Waals surface area contributed by atoms with E-state index in [0.29, 0.717) is 54.8 Å². The van der Waals surface area contributed by atoms with Crippen molar-refractivity contribution in [3.05, 3.63) is 29.3 Å². The number of nitrogens with one attached hydrogen (secondary N) is 1. The number of para-hydroxylation sites is 1. The van der Waals surface area contributed by atoms with Gasteiger partial charge in [0.1, 0.15) is 11.9 Å². The second-order valence-corrected chi connectivity index (χ2v) is 18.1. The fourth-order valence-electron chi connectivity index (χ4n) is 7.11. The van der Waals surface area contributed by atoms with Gasteiger partial charge in [-0.3, -0.25) is 23.4 Å². The third-order valence-corrected chi connectivity index (χ3v) is 11.9. The summed E-state index contributed by atoms with van der Waals surface area (Å²) in [6.45, 7) is 10.0. The summed E-state index contributed by atoms with van der Waals surface area (Å²) in [5, 5.41) is 0.840. The molecular weight excluding hydrogens is 783 g/mol. The van der Waals surface area contributed by atoms with E-state index < -0.39 is 93.5 Å². The number of alkyl halides is 3. The van der Waals surface area contributed by atoms with E-state index in [0.717, 1.165) is 0 Å². The second kappa shape index (κ2) is 15.9. The van der Waals surface area contributed by atoms with Crippen LogP contribution in [0.4, 0.5) is 13.2 Å². The molecule has 3 aliphatic rings. The zero-order valence-corrected chi connectivity index (χ0v) is 34.0. The highest BCUT2D eigenvalue weighted by molar-refractivity contribution is 7.85. The molecule has 1 saturated heterocycles. The van der Waals surface area contributed by atoms with Crippen molar-refractivity contribution < 1.29 is 59.2 Å². The second-order valence-electron chi connectivity index (χ2n) is 16.4. The molecule has 1 N–H and O–H groups in total. The number of esters is 1. The summed E-state index contributed by atoms with van der Waals surface area (Å²) in [5.74, 6) is -4.47. The van der Waals surface area contributed by atoms with E-state index in [1.54, 1.807) is 52.0 Å². The van der Waals surface area contributed by atoms with Crippen LogP contribution in [0, 0.1) is 22.7 Å². The SMILES string of the molecule is CCOc1cc(O[C@@H]2C[C@@H](C(=O)C[C@]3(C(=O)NS(=O)(=O)OC4CC4)C[C@H]3CC)N(C(=O)[C@@H](CC(=O)OC(C)(C)C(F)(F)F)C(C)(C)C)C2)c2cccc(Cl)c2n1. The van der Waals surface area contributed by atoms with Crippen LogP contribution in [0.1, 0.15) is 93.4 Å². The minimum Gasteiger partial charge on any atom is -0.488 e. The summed E-state index contributed by atoms with van der Waals surface area (Å²) >= 11 is 6.47. The number of nitrogens with zero attached hydrogens (tertiary/aromatic N) is 2. The van der Waals surface area contributed by atoms with Gasteiger partial charge in [-0.25, -0.2) is 9.71 Å². The molecule has 2 amide bonds. The van der Waals surface area contributed by atoms with E-state index in [4.69, 9.17) is 30.0 Å². The predicted molar refractivity (Wildman–Crippen MR) is 198 cm³/mol. The molecule has 3 fully saturated rings. The van der Waals surface area contributed by atoms with Gasteiger partial charge in [-0.15, -0.1) is 0 Å². The average molecular weight is 832 g/mol. The molecule has 310 valence electrons. The van der Waals surface area contributed by atoms with Gasteiger partial charge in [0.25, 0.3) is 0 Å². The smallest absolute Gasteiger partial charge is 0.427 e. The maximum Gasteiger partial charge on any atom is 0.427 e.